The van der Waals surface area contributed by atoms with Gasteiger partial charge in [-0.2, -0.15) is 0 Å². The highest BCUT2D eigenvalue weighted by atomic mass is 35.5. The molecule has 7 heteroatoms. The number of nitrogens with two attached hydrogens (primary N) is 1. The second-order valence-corrected chi connectivity index (χ2v) is 5.84. The van der Waals surface area contributed by atoms with Crippen molar-refractivity contribution >= 4 is 29.1 Å². The largest absolute Gasteiger partial charge is 0.481 e. The lowest BCUT2D eigenvalue weighted by Gasteiger charge is -2.26. The monoisotopic (exact) mass is 364 g/mol. The summed E-state index contributed by atoms with van der Waals surface area (Å²) in [6, 6.07) is 12.1. The molecule has 0 bridgehead atoms. The second-order valence-electron chi connectivity index (χ2n) is 5.40. The van der Waals surface area contributed by atoms with Crippen molar-refractivity contribution in [1.82, 2.24) is 0 Å². The maximum Gasteiger partial charge on any atom is 0.267 e. The van der Waals surface area contributed by atoms with Crippen LogP contribution in [0.15, 0.2) is 48.5 Å². The number of carbonyl (C=O) groups excluding carboxylic acids is 2. The van der Waals surface area contributed by atoms with Gasteiger partial charge in [-0.15, -0.1) is 0 Å². The van der Waals surface area contributed by atoms with E-state index in [2.05, 4.69) is 0 Å². The Kier molecular flexibility index (Phi) is 6.36. The molecule has 0 aliphatic heterocycles. The van der Waals surface area contributed by atoms with Gasteiger partial charge in [0.25, 0.3) is 5.91 Å². The lowest BCUT2D eigenvalue weighted by Crippen LogP contribution is -2.42. The third-order valence-corrected chi connectivity index (χ3v) is 3.68. The molecule has 1 unspecified atom stereocenters. The molecule has 2 N–H and O–H groups in total. The standard InChI is InChI=1S/C18H18ClFN2O3/c1-12(25-16-4-2-3-13(19)11-16)18(24)22(10-9-17(21)23)15-7-5-14(20)6-8-15/h2-8,11-12H,9-10H2,1H3,(H2,21,23). The zero-order valence-electron chi connectivity index (χ0n) is 13.6. The Morgan fingerprint density at radius 2 is 1.92 bits per heavy atom. The number of benzene rings is 2. The van der Waals surface area contributed by atoms with Crippen molar-refractivity contribution in [3.63, 3.8) is 0 Å². The fourth-order valence-electron chi connectivity index (χ4n) is 2.22. The van der Waals surface area contributed by atoms with E-state index in [0.29, 0.717) is 16.5 Å². The number of rotatable bonds is 7. The molecule has 5 nitrogen and oxygen atoms in total. The molecule has 0 aliphatic carbocycles. The van der Waals surface area contributed by atoms with Gasteiger partial charge in [0, 0.05) is 23.7 Å². The molecule has 2 aromatic carbocycles. The van der Waals surface area contributed by atoms with Crippen molar-refractivity contribution in [2.24, 2.45) is 5.73 Å². The minimum Gasteiger partial charge on any atom is -0.481 e. The Balaban J connectivity index is 2.18. The molecule has 0 spiro atoms. The van der Waals surface area contributed by atoms with Crippen LogP contribution < -0.4 is 15.4 Å². The Bertz CT molecular complexity index is 752. The van der Waals surface area contributed by atoms with Crippen LogP contribution >= 0.6 is 11.6 Å². The molecular weight excluding hydrogens is 347 g/mol. The molecule has 0 saturated carbocycles. The Labute approximate surface area is 150 Å². The van der Waals surface area contributed by atoms with Gasteiger partial charge in [0.05, 0.1) is 0 Å². The molecule has 0 radical (unpaired) electrons. The van der Waals surface area contributed by atoms with E-state index in [0.717, 1.165) is 0 Å². The summed E-state index contributed by atoms with van der Waals surface area (Å²) in [7, 11) is 0. The Hall–Kier alpha value is -2.60. The van der Waals surface area contributed by atoms with Gasteiger partial charge in [-0.3, -0.25) is 9.59 Å². The SMILES string of the molecule is CC(Oc1cccc(Cl)c1)C(=O)N(CCC(N)=O)c1ccc(F)cc1. The van der Waals surface area contributed by atoms with Crippen molar-refractivity contribution in [2.45, 2.75) is 19.4 Å². The summed E-state index contributed by atoms with van der Waals surface area (Å²) in [5, 5.41) is 0.487. The van der Waals surface area contributed by atoms with E-state index in [4.69, 9.17) is 22.1 Å². The van der Waals surface area contributed by atoms with Crippen molar-refractivity contribution in [1.29, 1.82) is 0 Å². The molecule has 2 aromatic rings. The molecule has 0 fully saturated rings. The van der Waals surface area contributed by atoms with E-state index < -0.39 is 17.8 Å². The number of nitrogens with zero attached hydrogens (tertiary/aromatic N) is 1. The van der Waals surface area contributed by atoms with Gasteiger partial charge < -0.3 is 15.4 Å². The molecule has 25 heavy (non-hydrogen) atoms. The number of halogens is 2. The number of amides is 2. The first kappa shape index (κ1) is 18.7. The first-order valence-electron chi connectivity index (χ1n) is 7.64. The topological polar surface area (TPSA) is 72.6 Å². The van der Waals surface area contributed by atoms with Gasteiger partial charge in [0.1, 0.15) is 11.6 Å². The first-order chi connectivity index (χ1) is 11.9. The van der Waals surface area contributed by atoms with Gasteiger partial charge in [-0.05, 0) is 49.4 Å². The molecule has 0 saturated heterocycles. The molecule has 0 aliphatic rings. The van der Waals surface area contributed by atoms with Crippen LogP contribution in [0.4, 0.5) is 10.1 Å². The van der Waals surface area contributed by atoms with E-state index in [1.165, 1.54) is 29.2 Å². The summed E-state index contributed by atoms with van der Waals surface area (Å²) in [4.78, 5) is 25.2. The third-order valence-electron chi connectivity index (χ3n) is 3.44. The summed E-state index contributed by atoms with van der Waals surface area (Å²) in [5.74, 6) is -0.896. The molecule has 2 rings (SSSR count). The maximum atomic E-state index is 13.1. The second kappa shape index (κ2) is 8.48. The van der Waals surface area contributed by atoms with Crippen molar-refractivity contribution in [2.75, 3.05) is 11.4 Å². The molecule has 132 valence electrons. The van der Waals surface area contributed by atoms with Crippen LogP contribution in [0, 0.1) is 5.82 Å². The van der Waals surface area contributed by atoms with Crippen LogP contribution in [0.3, 0.4) is 0 Å². The highest BCUT2D eigenvalue weighted by molar-refractivity contribution is 6.30. The number of hydrogen-bond acceptors (Lipinski definition) is 3. The van der Waals surface area contributed by atoms with Gasteiger partial charge in [-0.25, -0.2) is 4.39 Å². The summed E-state index contributed by atoms with van der Waals surface area (Å²) >= 11 is 5.90. The Morgan fingerprint density at radius 3 is 2.52 bits per heavy atom. The van der Waals surface area contributed by atoms with Gasteiger partial charge in [-0.1, -0.05) is 17.7 Å². The summed E-state index contributed by atoms with van der Waals surface area (Å²) in [6.45, 7) is 1.66. The molecular formula is C18H18ClFN2O3. The normalized spacial score (nSPS) is 11.6. The zero-order chi connectivity index (χ0) is 18.4. The van der Waals surface area contributed by atoms with Crippen LogP contribution in [-0.4, -0.2) is 24.5 Å². The number of hydrogen-bond donors (Lipinski definition) is 1. The summed E-state index contributed by atoms with van der Waals surface area (Å²) in [5.41, 5.74) is 5.63. The third kappa shape index (κ3) is 5.46. The molecule has 2 amide bonds. The number of ether oxygens (including phenoxy) is 1. The number of carbonyl (C=O) groups is 2. The minimum absolute atomic E-state index is 0.0208. The predicted octanol–water partition coefficient (Wildman–Crippen LogP) is 3.16. The average molecular weight is 365 g/mol. The highest BCUT2D eigenvalue weighted by Crippen LogP contribution is 2.21. The van der Waals surface area contributed by atoms with E-state index in [-0.39, 0.29) is 18.9 Å². The quantitative estimate of drug-likeness (QED) is 0.820. The first-order valence-corrected chi connectivity index (χ1v) is 8.02. The van der Waals surface area contributed by atoms with Crippen LogP contribution in [0.25, 0.3) is 0 Å². The number of primary amides is 1. The highest BCUT2D eigenvalue weighted by Gasteiger charge is 2.24. The lowest BCUT2D eigenvalue weighted by molar-refractivity contribution is -0.124. The van der Waals surface area contributed by atoms with Crippen molar-refractivity contribution in [3.05, 3.63) is 59.4 Å². The fraction of sp³-hybridized carbons (Fsp3) is 0.222. The summed E-state index contributed by atoms with van der Waals surface area (Å²) in [6.07, 6.45) is -0.858. The fourth-order valence-corrected chi connectivity index (χ4v) is 2.40. The van der Waals surface area contributed by atoms with E-state index in [9.17, 15) is 14.0 Å². The van der Waals surface area contributed by atoms with Crippen LogP contribution in [0.2, 0.25) is 5.02 Å². The van der Waals surface area contributed by atoms with Crippen molar-refractivity contribution < 1.29 is 18.7 Å². The van der Waals surface area contributed by atoms with E-state index in [1.54, 1.807) is 31.2 Å². The smallest absolute Gasteiger partial charge is 0.267 e. The van der Waals surface area contributed by atoms with Crippen LogP contribution in [0.5, 0.6) is 5.75 Å². The number of anilines is 1. The van der Waals surface area contributed by atoms with Crippen molar-refractivity contribution in [3.8, 4) is 5.75 Å². The van der Waals surface area contributed by atoms with Crippen LogP contribution in [0.1, 0.15) is 13.3 Å². The molecule has 0 aromatic heterocycles. The lowest BCUT2D eigenvalue weighted by atomic mass is 10.2. The minimum atomic E-state index is -0.837. The van der Waals surface area contributed by atoms with Gasteiger partial charge in [0.2, 0.25) is 5.91 Å². The van der Waals surface area contributed by atoms with Gasteiger partial charge in [0.15, 0.2) is 6.10 Å². The zero-order valence-corrected chi connectivity index (χ0v) is 14.4. The molecule has 1 atom stereocenters. The van der Waals surface area contributed by atoms with Crippen LogP contribution in [-0.2, 0) is 9.59 Å². The maximum absolute atomic E-state index is 13.1. The Morgan fingerprint density at radius 1 is 1.24 bits per heavy atom. The predicted molar refractivity (Wildman–Crippen MR) is 94.1 cm³/mol. The van der Waals surface area contributed by atoms with E-state index in [1.807, 2.05) is 0 Å². The van der Waals surface area contributed by atoms with Gasteiger partial charge >= 0.3 is 0 Å². The molecule has 0 heterocycles. The summed E-state index contributed by atoms with van der Waals surface area (Å²) < 4.78 is 18.8. The van der Waals surface area contributed by atoms with E-state index >= 15 is 0 Å². The average Bonchev–Trinajstić information content (AvgIpc) is 2.56.